The quantitative estimate of drug-likeness (QED) is 0.241. The monoisotopic (exact) mass is 579 g/mol. The third-order valence-corrected chi connectivity index (χ3v) is 7.22. The summed E-state index contributed by atoms with van der Waals surface area (Å²) in [7, 11) is 0. The van der Waals surface area contributed by atoms with Crippen LogP contribution in [-0.2, 0) is 19.2 Å². The number of hydrogen-bond donors (Lipinski definition) is 4. The van der Waals surface area contributed by atoms with Crippen molar-refractivity contribution in [2.75, 3.05) is 44.2 Å². The van der Waals surface area contributed by atoms with Gasteiger partial charge in [0, 0.05) is 44.9 Å². The average molecular weight is 580 g/mol. The van der Waals surface area contributed by atoms with Gasteiger partial charge in [-0.1, -0.05) is 12.1 Å². The first-order valence-electron chi connectivity index (χ1n) is 13.6. The number of aliphatic hydroxyl groups excluding tert-OH is 2. The number of alkyl halides is 1. The van der Waals surface area contributed by atoms with Gasteiger partial charge in [0.25, 0.3) is 0 Å². The topological polar surface area (TPSA) is 168 Å². The summed E-state index contributed by atoms with van der Waals surface area (Å²) in [4.78, 5) is 49.9. The molecule has 4 rings (SSSR count). The number of carboxylic acids is 2. The molecular weight excluding hydrogens is 541 g/mol. The van der Waals surface area contributed by atoms with E-state index in [-0.39, 0.29) is 25.5 Å². The Morgan fingerprint density at radius 1 is 0.976 bits per heavy atom. The minimum absolute atomic E-state index is 0.0348. The smallest absolute Gasteiger partial charge is 0.328 e. The number of likely N-dealkylation sites (tertiary alicyclic amines) is 1. The van der Waals surface area contributed by atoms with E-state index in [0.29, 0.717) is 18.7 Å². The zero-order chi connectivity index (χ0) is 30.3. The molecule has 5 unspecified atom stereocenters. The molecule has 0 aromatic heterocycles. The van der Waals surface area contributed by atoms with E-state index in [9.17, 15) is 33.8 Å². The van der Waals surface area contributed by atoms with Crippen LogP contribution in [-0.4, -0.2) is 118 Å². The number of nitrogens with zero attached hydrogens (tertiary/aromatic N) is 3. The highest BCUT2D eigenvalue weighted by atomic mass is 19.1. The van der Waals surface area contributed by atoms with E-state index in [0.717, 1.165) is 42.5 Å². The molecule has 0 bridgehead atoms. The molecule has 3 aliphatic rings. The number of piperazine rings is 1. The van der Waals surface area contributed by atoms with Crippen molar-refractivity contribution in [2.45, 2.75) is 51.2 Å². The number of para-hydroxylation sites is 2. The molecule has 41 heavy (non-hydrogen) atoms. The average Bonchev–Trinajstić information content (AvgIpc) is 3.12. The molecule has 2 saturated heterocycles. The lowest BCUT2D eigenvalue weighted by Crippen LogP contribution is -2.50. The van der Waals surface area contributed by atoms with Crippen LogP contribution in [0.5, 0.6) is 5.75 Å². The predicted octanol–water partition coefficient (Wildman–Crippen LogP) is 0.763. The van der Waals surface area contributed by atoms with Gasteiger partial charge in [-0.3, -0.25) is 19.4 Å². The minimum atomic E-state index is -1.49. The number of aliphatic hydroxyl groups is 2. The van der Waals surface area contributed by atoms with Crippen LogP contribution in [0.3, 0.4) is 0 Å². The Hall–Kier alpha value is -3.55. The minimum Gasteiger partial charge on any atom is -0.489 e. The van der Waals surface area contributed by atoms with E-state index in [1.807, 2.05) is 38.1 Å². The molecule has 1 aromatic carbocycles. The molecule has 2 aliphatic heterocycles. The summed E-state index contributed by atoms with van der Waals surface area (Å²) >= 11 is 0. The number of ether oxygens (including phenoxy) is 1. The summed E-state index contributed by atoms with van der Waals surface area (Å²) < 4.78 is 19.8. The zero-order valence-electron chi connectivity index (χ0n) is 23.1. The van der Waals surface area contributed by atoms with Crippen LogP contribution < -0.4 is 9.64 Å². The third kappa shape index (κ3) is 8.72. The number of aliphatic carboxylic acids is 2. The number of anilines is 1. The van der Waals surface area contributed by atoms with E-state index in [2.05, 4.69) is 9.80 Å². The Morgan fingerprint density at radius 2 is 1.54 bits per heavy atom. The summed E-state index contributed by atoms with van der Waals surface area (Å²) in [6.07, 6.45) is -2.54. The number of hydrogen-bond acceptors (Lipinski definition) is 9. The molecule has 2 amide bonds. The van der Waals surface area contributed by atoms with Gasteiger partial charge < -0.3 is 30.1 Å². The molecule has 2 heterocycles. The van der Waals surface area contributed by atoms with E-state index < -0.39 is 54.0 Å². The van der Waals surface area contributed by atoms with Gasteiger partial charge >= 0.3 is 11.9 Å². The van der Waals surface area contributed by atoms with Crippen LogP contribution in [0.2, 0.25) is 0 Å². The standard InChI is InChI=1S/C24H34FN3O5.C4H4O4/c1-15(2)33-22-6-4-3-5-20(22)27-9-7-26(8-10-27)13-16(29)14-28-23(31)17-11-19(25)21(30)12-18(17)24(28)32;5-3(6)1-2-4(7)8/h3-6,15-19,21,29-30H,7-14H2,1-2H3;1-2H,(H,5,6)(H,7,8)/b;2-1-. The molecule has 0 spiro atoms. The summed E-state index contributed by atoms with van der Waals surface area (Å²) in [5.41, 5.74) is 1.05. The highest BCUT2D eigenvalue weighted by Gasteiger charge is 2.52. The SMILES string of the molecule is CC(C)Oc1ccccc1N1CCN(CC(O)CN2C(=O)C3CC(O)C(F)CC3C2=O)CC1.O=C(O)/C=C\C(=O)O. The van der Waals surface area contributed by atoms with Crippen LogP contribution in [0.1, 0.15) is 26.7 Å². The van der Waals surface area contributed by atoms with Crippen LogP contribution in [0, 0.1) is 11.8 Å². The second-order valence-corrected chi connectivity index (χ2v) is 10.6. The maximum Gasteiger partial charge on any atom is 0.328 e. The highest BCUT2D eigenvalue weighted by molar-refractivity contribution is 6.05. The van der Waals surface area contributed by atoms with Crippen molar-refractivity contribution in [2.24, 2.45) is 11.8 Å². The number of imide groups is 1. The number of halogens is 1. The molecule has 13 heteroatoms. The van der Waals surface area contributed by atoms with E-state index in [1.54, 1.807) is 0 Å². The summed E-state index contributed by atoms with van der Waals surface area (Å²) in [6.45, 7) is 7.25. The normalized spacial score (nSPS) is 25.6. The highest BCUT2D eigenvalue weighted by Crippen LogP contribution is 2.39. The molecule has 4 N–H and O–H groups in total. The van der Waals surface area contributed by atoms with Crippen LogP contribution in [0.4, 0.5) is 10.1 Å². The van der Waals surface area contributed by atoms with Gasteiger partial charge in [0.05, 0.1) is 42.4 Å². The molecular formula is C28H38FN3O9. The fraction of sp³-hybridized carbons (Fsp3) is 0.571. The molecule has 1 aromatic rings. The fourth-order valence-electron chi connectivity index (χ4n) is 5.32. The summed E-state index contributed by atoms with van der Waals surface area (Å²) in [6, 6.07) is 7.96. The maximum absolute atomic E-state index is 13.9. The maximum atomic E-state index is 13.9. The number of carbonyl (C=O) groups is 4. The van der Waals surface area contributed by atoms with Gasteiger partial charge in [0.1, 0.15) is 11.9 Å². The van der Waals surface area contributed by atoms with Crippen molar-refractivity contribution in [3.63, 3.8) is 0 Å². The van der Waals surface area contributed by atoms with E-state index in [1.165, 1.54) is 0 Å². The van der Waals surface area contributed by atoms with Crippen molar-refractivity contribution in [3.05, 3.63) is 36.4 Å². The number of amides is 2. The van der Waals surface area contributed by atoms with Gasteiger partial charge in [-0.25, -0.2) is 14.0 Å². The number of rotatable bonds is 9. The van der Waals surface area contributed by atoms with Crippen LogP contribution in [0.15, 0.2) is 36.4 Å². The largest absolute Gasteiger partial charge is 0.489 e. The molecule has 1 saturated carbocycles. The van der Waals surface area contributed by atoms with Crippen molar-refractivity contribution in [1.82, 2.24) is 9.80 Å². The molecule has 12 nitrogen and oxygen atoms in total. The third-order valence-electron chi connectivity index (χ3n) is 7.22. The van der Waals surface area contributed by atoms with Crippen LogP contribution in [0.25, 0.3) is 0 Å². The van der Waals surface area contributed by atoms with Crippen LogP contribution >= 0.6 is 0 Å². The number of carboxylic acid groups (broad SMARTS) is 2. The number of benzene rings is 1. The lowest BCUT2D eigenvalue weighted by molar-refractivity contribution is -0.142. The number of carbonyl (C=O) groups excluding carboxylic acids is 2. The summed E-state index contributed by atoms with van der Waals surface area (Å²) in [5, 5.41) is 36.0. The van der Waals surface area contributed by atoms with E-state index in [4.69, 9.17) is 14.9 Å². The van der Waals surface area contributed by atoms with Gasteiger partial charge in [0.15, 0.2) is 0 Å². The molecule has 1 aliphatic carbocycles. The molecule has 5 atom stereocenters. The van der Waals surface area contributed by atoms with Gasteiger partial charge in [-0.05, 0) is 38.8 Å². The Labute approximate surface area is 237 Å². The van der Waals surface area contributed by atoms with Gasteiger partial charge in [-0.2, -0.15) is 0 Å². The van der Waals surface area contributed by atoms with E-state index >= 15 is 0 Å². The van der Waals surface area contributed by atoms with Crippen molar-refractivity contribution < 1.29 is 48.7 Å². The van der Waals surface area contributed by atoms with Gasteiger partial charge in [-0.15, -0.1) is 0 Å². The lowest BCUT2D eigenvalue weighted by Gasteiger charge is -2.37. The Morgan fingerprint density at radius 3 is 2.10 bits per heavy atom. The number of β-amino-alcohol motifs (C(OH)–C–C–N with tert-alkyl or cyclic N) is 1. The first kappa shape index (κ1) is 32.0. The first-order chi connectivity index (χ1) is 19.4. The fourth-order valence-corrected chi connectivity index (χ4v) is 5.32. The van der Waals surface area contributed by atoms with Crippen molar-refractivity contribution >= 4 is 29.4 Å². The lowest BCUT2D eigenvalue weighted by atomic mass is 9.78. The molecule has 3 fully saturated rings. The molecule has 226 valence electrons. The van der Waals surface area contributed by atoms with Crippen molar-refractivity contribution in [3.8, 4) is 5.75 Å². The zero-order valence-corrected chi connectivity index (χ0v) is 23.1. The first-order valence-corrected chi connectivity index (χ1v) is 13.6. The molecule has 0 radical (unpaired) electrons. The predicted molar refractivity (Wildman–Crippen MR) is 145 cm³/mol. The number of fused-ring (bicyclic) bond motifs is 1. The Bertz CT molecular complexity index is 1080. The Balaban J connectivity index is 0.000000507. The Kier molecular flexibility index (Phi) is 11.2. The van der Waals surface area contributed by atoms with Crippen molar-refractivity contribution in [1.29, 1.82) is 0 Å². The second-order valence-electron chi connectivity index (χ2n) is 10.6. The summed E-state index contributed by atoms with van der Waals surface area (Å²) in [5.74, 6) is -3.89. The second kappa shape index (κ2) is 14.4. The van der Waals surface area contributed by atoms with Gasteiger partial charge in [0.2, 0.25) is 11.8 Å².